The van der Waals surface area contributed by atoms with Gasteiger partial charge in [0.25, 0.3) is 0 Å². The molecule has 0 atom stereocenters. The molecule has 0 aromatic heterocycles. The van der Waals surface area contributed by atoms with Crippen molar-refractivity contribution in [2.24, 2.45) is 5.73 Å². The SMILES string of the molecule is CCCNC(=O)CN(C)c1cc(Cl)ccc1CN. The highest BCUT2D eigenvalue weighted by atomic mass is 35.5. The number of nitrogens with zero attached hydrogens (tertiary/aromatic N) is 1. The fourth-order valence-electron chi connectivity index (χ4n) is 1.69. The Kier molecular flexibility index (Phi) is 5.95. The highest BCUT2D eigenvalue weighted by Gasteiger charge is 2.10. The van der Waals surface area contributed by atoms with Crippen LogP contribution >= 0.6 is 11.6 Å². The average Bonchev–Trinajstić information content (AvgIpc) is 2.36. The largest absolute Gasteiger partial charge is 0.365 e. The molecular weight excluding hydrogens is 250 g/mol. The number of hydrogen-bond acceptors (Lipinski definition) is 3. The molecule has 0 fully saturated rings. The van der Waals surface area contributed by atoms with Crippen LogP contribution in [0.3, 0.4) is 0 Å². The third-order valence-corrected chi connectivity index (χ3v) is 2.87. The van der Waals surface area contributed by atoms with Gasteiger partial charge in [-0.3, -0.25) is 4.79 Å². The molecule has 0 heterocycles. The van der Waals surface area contributed by atoms with Crippen LogP contribution in [0.5, 0.6) is 0 Å². The van der Waals surface area contributed by atoms with E-state index in [-0.39, 0.29) is 5.91 Å². The summed E-state index contributed by atoms with van der Waals surface area (Å²) in [6.07, 6.45) is 0.931. The summed E-state index contributed by atoms with van der Waals surface area (Å²) < 4.78 is 0. The Morgan fingerprint density at radius 1 is 1.50 bits per heavy atom. The maximum atomic E-state index is 11.7. The number of benzene rings is 1. The molecule has 0 aliphatic rings. The third-order valence-electron chi connectivity index (χ3n) is 2.63. The van der Waals surface area contributed by atoms with Crippen molar-refractivity contribution in [3.8, 4) is 0 Å². The van der Waals surface area contributed by atoms with Gasteiger partial charge in [0.2, 0.25) is 5.91 Å². The Bertz CT molecular complexity index is 409. The number of likely N-dealkylation sites (N-methyl/N-ethyl adjacent to an activating group) is 1. The summed E-state index contributed by atoms with van der Waals surface area (Å²) in [7, 11) is 1.86. The Hall–Kier alpha value is -1.26. The maximum absolute atomic E-state index is 11.7. The second-order valence-electron chi connectivity index (χ2n) is 4.18. The number of carbonyl (C=O) groups excluding carboxylic acids is 1. The number of anilines is 1. The Morgan fingerprint density at radius 2 is 2.22 bits per heavy atom. The van der Waals surface area contributed by atoms with Gasteiger partial charge in [-0.25, -0.2) is 0 Å². The van der Waals surface area contributed by atoms with E-state index in [1.54, 1.807) is 6.07 Å². The van der Waals surface area contributed by atoms with E-state index in [9.17, 15) is 4.79 Å². The zero-order valence-corrected chi connectivity index (χ0v) is 11.6. The number of nitrogens with one attached hydrogen (secondary N) is 1. The van der Waals surface area contributed by atoms with E-state index in [4.69, 9.17) is 17.3 Å². The molecule has 0 radical (unpaired) electrons. The predicted molar refractivity (Wildman–Crippen MR) is 75.9 cm³/mol. The molecule has 1 aromatic carbocycles. The molecule has 0 spiro atoms. The van der Waals surface area contributed by atoms with Crippen LogP contribution in [-0.2, 0) is 11.3 Å². The number of nitrogens with two attached hydrogens (primary N) is 1. The highest BCUT2D eigenvalue weighted by molar-refractivity contribution is 6.30. The van der Waals surface area contributed by atoms with Gasteiger partial charge in [0.1, 0.15) is 0 Å². The molecule has 1 rings (SSSR count). The molecule has 5 heteroatoms. The van der Waals surface area contributed by atoms with Gasteiger partial charge in [-0.05, 0) is 24.1 Å². The van der Waals surface area contributed by atoms with Crippen LogP contribution in [0.4, 0.5) is 5.69 Å². The first kappa shape index (κ1) is 14.8. The van der Waals surface area contributed by atoms with E-state index < -0.39 is 0 Å². The van der Waals surface area contributed by atoms with E-state index in [0.29, 0.717) is 24.7 Å². The quantitative estimate of drug-likeness (QED) is 0.827. The Morgan fingerprint density at radius 3 is 2.83 bits per heavy atom. The van der Waals surface area contributed by atoms with Crippen LogP contribution in [0, 0.1) is 0 Å². The monoisotopic (exact) mass is 269 g/mol. The Labute approximate surface area is 113 Å². The summed E-state index contributed by atoms with van der Waals surface area (Å²) in [4.78, 5) is 13.5. The van der Waals surface area contributed by atoms with Gasteiger partial charge in [0.15, 0.2) is 0 Å². The lowest BCUT2D eigenvalue weighted by Crippen LogP contribution is -2.36. The molecule has 1 aromatic rings. The minimum Gasteiger partial charge on any atom is -0.365 e. The maximum Gasteiger partial charge on any atom is 0.239 e. The molecule has 1 amide bonds. The van der Waals surface area contributed by atoms with Crippen molar-refractivity contribution >= 4 is 23.2 Å². The van der Waals surface area contributed by atoms with Gasteiger partial charge in [-0.15, -0.1) is 0 Å². The topological polar surface area (TPSA) is 58.4 Å². The summed E-state index contributed by atoms with van der Waals surface area (Å²) in [5.41, 5.74) is 7.56. The molecule has 0 saturated heterocycles. The van der Waals surface area contributed by atoms with E-state index in [0.717, 1.165) is 17.7 Å². The van der Waals surface area contributed by atoms with Crippen molar-refractivity contribution in [3.63, 3.8) is 0 Å². The average molecular weight is 270 g/mol. The summed E-state index contributed by atoms with van der Waals surface area (Å²) in [5.74, 6) is 0.00213. The number of amides is 1. The van der Waals surface area contributed by atoms with Crippen LogP contribution in [-0.4, -0.2) is 26.0 Å². The smallest absolute Gasteiger partial charge is 0.239 e. The van der Waals surface area contributed by atoms with Crippen LogP contribution < -0.4 is 16.0 Å². The van der Waals surface area contributed by atoms with Gasteiger partial charge in [-0.2, -0.15) is 0 Å². The second-order valence-corrected chi connectivity index (χ2v) is 4.62. The van der Waals surface area contributed by atoms with Crippen LogP contribution in [0.2, 0.25) is 5.02 Å². The van der Waals surface area contributed by atoms with E-state index >= 15 is 0 Å². The molecule has 0 aliphatic heterocycles. The van der Waals surface area contributed by atoms with Gasteiger partial charge in [0, 0.05) is 30.8 Å². The molecule has 3 N–H and O–H groups in total. The number of halogens is 1. The summed E-state index contributed by atoms with van der Waals surface area (Å²) >= 11 is 5.97. The second kappa shape index (κ2) is 7.24. The van der Waals surface area contributed by atoms with Crippen LogP contribution in [0.25, 0.3) is 0 Å². The third kappa shape index (κ3) is 4.20. The fourth-order valence-corrected chi connectivity index (χ4v) is 1.85. The molecule has 0 unspecified atom stereocenters. The van der Waals surface area contributed by atoms with E-state index in [1.807, 2.05) is 31.0 Å². The van der Waals surface area contributed by atoms with Crippen molar-refractivity contribution in [1.82, 2.24) is 5.32 Å². The molecular formula is C13H20ClN3O. The van der Waals surface area contributed by atoms with Crippen molar-refractivity contribution in [3.05, 3.63) is 28.8 Å². The summed E-state index contributed by atoms with van der Waals surface area (Å²) in [6.45, 7) is 3.44. The normalized spacial score (nSPS) is 10.2. The summed E-state index contributed by atoms with van der Waals surface area (Å²) in [5, 5.41) is 3.48. The predicted octanol–water partition coefficient (Wildman–Crippen LogP) is 1.76. The molecule has 100 valence electrons. The van der Waals surface area contributed by atoms with Gasteiger partial charge < -0.3 is 16.0 Å². The lowest BCUT2D eigenvalue weighted by Gasteiger charge is -2.21. The van der Waals surface area contributed by atoms with Gasteiger partial charge >= 0.3 is 0 Å². The summed E-state index contributed by atoms with van der Waals surface area (Å²) in [6, 6.07) is 5.52. The van der Waals surface area contributed by atoms with Gasteiger partial charge in [-0.1, -0.05) is 24.6 Å². The molecule has 18 heavy (non-hydrogen) atoms. The Balaban J connectivity index is 2.73. The lowest BCUT2D eigenvalue weighted by atomic mass is 10.1. The van der Waals surface area contributed by atoms with E-state index in [1.165, 1.54) is 0 Å². The number of carbonyl (C=O) groups is 1. The first-order valence-corrected chi connectivity index (χ1v) is 6.42. The van der Waals surface area contributed by atoms with Gasteiger partial charge in [0.05, 0.1) is 6.54 Å². The van der Waals surface area contributed by atoms with Crippen molar-refractivity contribution < 1.29 is 4.79 Å². The van der Waals surface area contributed by atoms with Crippen LogP contribution in [0.15, 0.2) is 18.2 Å². The van der Waals surface area contributed by atoms with Crippen LogP contribution in [0.1, 0.15) is 18.9 Å². The minimum absolute atomic E-state index is 0.00213. The minimum atomic E-state index is 0.00213. The lowest BCUT2D eigenvalue weighted by molar-refractivity contribution is -0.119. The first-order valence-electron chi connectivity index (χ1n) is 6.04. The standard InChI is InChI=1S/C13H20ClN3O/c1-3-6-16-13(18)9-17(2)12-7-11(14)5-4-10(12)8-15/h4-5,7H,3,6,8-9,15H2,1-2H3,(H,16,18). The van der Waals surface area contributed by atoms with Crippen molar-refractivity contribution in [1.29, 1.82) is 0 Å². The zero-order valence-electron chi connectivity index (χ0n) is 10.9. The molecule has 0 aliphatic carbocycles. The molecule has 4 nitrogen and oxygen atoms in total. The van der Waals surface area contributed by atoms with Crippen molar-refractivity contribution in [2.75, 3.05) is 25.0 Å². The molecule has 0 saturated carbocycles. The molecule has 0 bridgehead atoms. The fraction of sp³-hybridized carbons (Fsp3) is 0.462. The highest BCUT2D eigenvalue weighted by Crippen LogP contribution is 2.23. The first-order chi connectivity index (χ1) is 8.58. The number of hydrogen-bond donors (Lipinski definition) is 2. The van der Waals surface area contributed by atoms with Crippen molar-refractivity contribution in [2.45, 2.75) is 19.9 Å². The number of rotatable bonds is 6. The zero-order chi connectivity index (χ0) is 13.5. The van der Waals surface area contributed by atoms with E-state index in [2.05, 4.69) is 5.32 Å².